The molecule has 0 aliphatic heterocycles. The molecule has 88 valence electrons. The van der Waals surface area contributed by atoms with Crippen molar-refractivity contribution in [2.24, 2.45) is 17.6 Å². The van der Waals surface area contributed by atoms with Gasteiger partial charge in [0.1, 0.15) is 0 Å². The molecule has 16 heavy (non-hydrogen) atoms. The SMILES string of the molecule is Cc1ccc(CC2CCCC2CN)c(C)c1. The molecule has 1 saturated carbocycles. The Labute approximate surface area is 99.0 Å². The van der Waals surface area contributed by atoms with E-state index in [2.05, 4.69) is 32.0 Å². The third kappa shape index (κ3) is 2.46. The van der Waals surface area contributed by atoms with Gasteiger partial charge in [-0.2, -0.15) is 0 Å². The Morgan fingerprint density at radius 1 is 1.19 bits per heavy atom. The third-order valence-corrected chi connectivity index (χ3v) is 4.10. The molecule has 1 aromatic rings. The standard InChI is InChI=1S/C15H23N/c1-11-6-7-13(12(2)8-11)9-14-4-3-5-15(14)10-16/h6-8,14-15H,3-5,9-10,16H2,1-2H3. The van der Waals surface area contributed by atoms with E-state index in [1.807, 2.05) is 0 Å². The maximum absolute atomic E-state index is 5.84. The summed E-state index contributed by atoms with van der Waals surface area (Å²) in [6, 6.07) is 6.83. The fourth-order valence-electron chi connectivity index (χ4n) is 3.05. The predicted octanol–water partition coefficient (Wildman–Crippen LogP) is 3.22. The predicted molar refractivity (Wildman–Crippen MR) is 69.5 cm³/mol. The summed E-state index contributed by atoms with van der Waals surface area (Å²) >= 11 is 0. The smallest absolute Gasteiger partial charge is 0.00461 e. The lowest BCUT2D eigenvalue weighted by Gasteiger charge is -2.19. The molecule has 1 aromatic carbocycles. The van der Waals surface area contributed by atoms with Gasteiger partial charge in [0.15, 0.2) is 0 Å². The zero-order chi connectivity index (χ0) is 11.5. The van der Waals surface area contributed by atoms with Crippen LogP contribution in [-0.4, -0.2) is 6.54 Å². The maximum Gasteiger partial charge on any atom is -0.00461 e. The molecular formula is C15H23N. The van der Waals surface area contributed by atoms with E-state index in [-0.39, 0.29) is 0 Å². The van der Waals surface area contributed by atoms with E-state index in [1.54, 1.807) is 0 Å². The number of hydrogen-bond acceptors (Lipinski definition) is 1. The summed E-state index contributed by atoms with van der Waals surface area (Å²) in [4.78, 5) is 0. The normalized spacial score (nSPS) is 24.9. The zero-order valence-electron chi connectivity index (χ0n) is 10.5. The fraction of sp³-hybridized carbons (Fsp3) is 0.600. The first kappa shape index (κ1) is 11.7. The highest BCUT2D eigenvalue weighted by molar-refractivity contribution is 5.30. The monoisotopic (exact) mass is 217 g/mol. The molecule has 1 aliphatic carbocycles. The Morgan fingerprint density at radius 3 is 2.62 bits per heavy atom. The van der Waals surface area contributed by atoms with Gasteiger partial charge in [-0.1, -0.05) is 30.2 Å². The van der Waals surface area contributed by atoms with Crippen LogP contribution in [0.5, 0.6) is 0 Å². The van der Waals surface area contributed by atoms with E-state index < -0.39 is 0 Å². The molecule has 0 heterocycles. The second-order valence-electron chi connectivity index (χ2n) is 5.32. The summed E-state index contributed by atoms with van der Waals surface area (Å²) in [6.07, 6.45) is 5.31. The summed E-state index contributed by atoms with van der Waals surface area (Å²) < 4.78 is 0. The molecule has 2 unspecified atom stereocenters. The van der Waals surface area contributed by atoms with E-state index in [9.17, 15) is 0 Å². The third-order valence-electron chi connectivity index (χ3n) is 4.10. The van der Waals surface area contributed by atoms with Gasteiger partial charge in [0.2, 0.25) is 0 Å². The van der Waals surface area contributed by atoms with Gasteiger partial charge in [0, 0.05) is 0 Å². The molecule has 0 saturated heterocycles. The van der Waals surface area contributed by atoms with Crippen molar-refractivity contribution in [2.45, 2.75) is 39.5 Å². The molecule has 0 amide bonds. The summed E-state index contributed by atoms with van der Waals surface area (Å²) in [5.74, 6) is 1.59. The van der Waals surface area contributed by atoms with Gasteiger partial charge in [0.05, 0.1) is 0 Å². The van der Waals surface area contributed by atoms with Gasteiger partial charge < -0.3 is 5.73 Å². The first-order valence-corrected chi connectivity index (χ1v) is 6.47. The largest absolute Gasteiger partial charge is 0.330 e. The fourth-order valence-corrected chi connectivity index (χ4v) is 3.05. The first-order chi connectivity index (χ1) is 7.70. The Balaban J connectivity index is 2.08. The van der Waals surface area contributed by atoms with Crippen LogP contribution in [0.25, 0.3) is 0 Å². The van der Waals surface area contributed by atoms with Crippen molar-refractivity contribution in [3.63, 3.8) is 0 Å². The van der Waals surface area contributed by atoms with Crippen LogP contribution >= 0.6 is 0 Å². The highest BCUT2D eigenvalue weighted by atomic mass is 14.6. The molecule has 2 atom stereocenters. The lowest BCUT2D eigenvalue weighted by Crippen LogP contribution is -2.20. The molecule has 1 nitrogen and oxygen atoms in total. The molecule has 1 aliphatic rings. The zero-order valence-corrected chi connectivity index (χ0v) is 10.5. The minimum atomic E-state index is 0.765. The van der Waals surface area contributed by atoms with Crippen molar-refractivity contribution < 1.29 is 0 Å². The number of benzene rings is 1. The molecule has 0 radical (unpaired) electrons. The summed E-state index contributed by atoms with van der Waals surface area (Å²) in [7, 11) is 0. The average Bonchev–Trinajstić information content (AvgIpc) is 2.69. The van der Waals surface area contributed by atoms with Gasteiger partial charge in [-0.3, -0.25) is 0 Å². The van der Waals surface area contributed by atoms with Crippen molar-refractivity contribution in [3.8, 4) is 0 Å². The van der Waals surface area contributed by atoms with Crippen LogP contribution < -0.4 is 5.73 Å². The molecule has 0 bridgehead atoms. The molecule has 1 heteroatoms. The maximum atomic E-state index is 5.84. The lowest BCUT2D eigenvalue weighted by atomic mass is 9.88. The summed E-state index contributed by atoms with van der Waals surface area (Å²) in [5.41, 5.74) is 10.2. The van der Waals surface area contributed by atoms with E-state index in [4.69, 9.17) is 5.73 Å². The van der Waals surface area contributed by atoms with Gasteiger partial charge >= 0.3 is 0 Å². The van der Waals surface area contributed by atoms with Crippen LogP contribution in [0.1, 0.15) is 36.0 Å². The highest BCUT2D eigenvalue weighted by Crippen LogP contribution is 2.34. The minimum absolute atomic E-state index is 0.765. The minimum Gasteiger partial charge on any atom is -0.330 e. The highest BCUT2D eigenvalue weighted by Gasteiger charge is 2.26. The van der Waals surface area contributed by atoms with Crippen LogP contribution in [0.3, 0.4) is 0 Å². The van der Waals surface area contributed by atoms with Crippen molar-refractivity contribution >= 4 is 0 Å². The molecule has 1 fully saturated rings. The van der Waals surface area contributed by atoms with Crippen LogP contribution in [0.4, 0.5) is 0 Å². The van der Waals surface area contributed by atoms with Crippen molar-refractivity contribution in [1.82, 2.24) is 0 Å². The Morgan fingerprint density at radius 2 is 1.94 bits per heavy atom. The van der Waals surface area contributed by atoms with Crippen LogP contribution in [-0.2, 0) is 6.42 Å². The number of nitrogens with two attached hydrogens (primary N) is 1. The van der Waals surface area contributed by atoms with Gasteiger partial charge in [-0.25, -0.2) is 0 Å². The molecular weight excluding hydrogens is 194 g/mol. The lowest BCUT2D eigenvalue weighted by molar-refractivity contribution is 0.394. The average molecular weight is 217 g/mol. The van der Waals surface area contributed by atoms with Crippen LogP contribution in [0.2, 0.25) is 0 Å². The number of rotatable bonds is 3. The topological polar surface area (TPSA) is 26.0 Å². The van der Waals surface area contributed by atoms with E-state index in [0.29, 0.717) is 0 Å². The molecule has 2 rings (SSSR count). The van der Waals surface area contributed by atoms with Gasteiger partial charge in [-0.05, 0) is 62.6 Å². The van der Waals surface area contributed by atoms with Gasteiger partial charge in [-0.15, -0.1) is 0 Å². The van der Waals surface area contributed by atoms with Crippen molar-refractivity contribution in [3.05, 3.63) is 34.9 Å². The van der Waals surface area contributed by atoms with E-state index >= 15 is 0 Å². The quantitative estimate of drug-likeness (QED) is 0.826. The Bertz CT molecular complexity index is 356. The van der Waals surface area contributed by atoms with Crippen LogP contribution in [0.15, 0.2) is 18.2 Å². The van der Waals surface area contributed by atoms with E-state index in [1.165, 1.54) is 42.4 Å². The second kappa shape index (κ2) is 5.01. The van der Waals surface area contributed by atoms with Crippen molar-refractivity contribution in [1.29, 1.82) is 0 Å². The molecule has 2 N–H and O–H groups in total. The second-order valence-corrected chi connectivity index (χ2v) is 5.32. The molecule has 0 aromatic heterocycles. The Hall–Kier alpha value is -0.820. The van der Waals surface area contributed by atoms with Crippen LogP contribution in [0, 0.1) is 25.7 Å². The van der Waals surface area contributed by atoms with E-state index in [0.717, 1.165) is 18.4 Å². The summed E-state index contributed by atoms with van der Waals surface area (Å²) in [5, 5.41) is 0. The molecule has 0 spiro atoms. The Kier molecular flexibility index (Phi) is 3.65. The van der Waals surface area contributed by atoms with Gasteiger partial charge in [0.25, 0.3) is 0 Å². The summed E-state index contributed by atoms with van der Waals surface area (Å²) in [6.45, 7) is 5.26. The number of aryl methyl sites for hydroxylation is 2. The first-order valence-electron chi connectivity index (χ1n) is 6.47. The van der Waals surface area contributed by atoms with Crippen molar-refractivity contribution in [2.75, 3.05) is 6.54 Å². The number of hydrogen-bond donors (Lipinski definition) is 1.